The van der Waals surface area contributed by atoms with Crippen molar-refractivity contribution in [1.29, 1.82) is 0 Å². The molecule has 20 heavy (non-hydrogen) atoms. The maximum Gasteiger partial charge on any atom is 0.330 e. The Morgan fingerprint density at radius 3 is 2.50 bits per heavy atom. The first-order chi connectivity index (χ1) is 9.15. The molecule has 1 aromatic rings. The lowest BCUT2D eigenvalue weighted by molar-refractivity contribution is -0.134. The van der Waals surface area contributed by atoms with E-state index >= 15 is 0 Å². The topological polar surface area (TPSA) is 81.4 Å². The third-order valence-corrected chi connectivity index (χ3v) is 2.42. The number of hydrogen-bond acceptors (Lipinski definition) is 4. The second-order valence-electron chi connectivity index (χ2n) is 3.92. The molecule has 0 heterocycles. The summed E-state index contributed by atoms with van der Waals surface area (Å²) in [7, 11) is 1.33. The molecule has 0 radical (unpaired) electrons. The molecular formula is C14H19ClN2O3. The Bertz CT molecular complexity index is 458. The molecule has 5 nitrogen and oxygen atoms in total. The minimum Gasteiger partial charge on any atom is -0.466 e. The van der Waals surface area contributed by atoms with Gasteiger partial charge in [-0.25, -0.2) is 4.79 Å². The van der Waals surface area contributed by atoms with Gasteiger partial charge in [0.05, 0.1) is 7.11 Å². The zero-order valence-electron chi connectivity index (χ0n) is 11.3. The number of amides is 1. The Labute approximate surface area is 124 Å². The van der Waals surface area contributed by atoms with Gasteiger partial charge in [0.1, 0.15) is 0 Å². The fraction of sp³-hybridized carbons (Fsp3) is 0.286. The van der Waals surface area contributed by atoms with Crippen LogP contribution in [0.15, 0.2) is 30.3 Å². The van der Waals surface area contributed by atoms with Crippen LogP contribution in [0, 0.1) is 0 Å². The fourth-order valence-corrected chi connectivity index (χ4v) is 1.40. The van der Waals surface area contributed by atoms with E-state index in [1.807, 2.05) is 0 Å². The summed E-state index contributed by atoms with van der Waals surface area (Å²) in [6.45, 7) is 0.505. The van der Waals surface area contributed by atoms with Crippen molar-refractivity contribution < 1.29 is 14.3 Å². The normalized spacial score (nSPS) is 9.90. The molecular weight excluding hydrogens is 280 g/mol. The van der Waals surface area contributed by atoms with Gasteiger partial charge in [-0.05, 0) is 36.7 Å². The molecule has 1 aromatic carbocycles. The Morgan fingerprint density at radius 1 is 1.30 bits per heavy atom. The van der Waals surface area contributed by atoms with Crippen LogP contribution in [0.4, 0.5) is 5.69 Å². The summed E-state index contributed by atoms with van der Waals surface area (Å²) in [4.78, 5) is 22.4. The SMILES string of the molecule is COC(=O)/C=C/c1ccc(NC(=O)CCCN)cc1.Cl. The van der Waals surface area contributed by atoms with Crippen molar-refractivity contribution in [1.82, 2.24) is 0 Å². The molecule has 0 aliphatic carbocycles. The van der Waals surface area contributed by atoms with Crippen molar-refractivity contribution in [3.8, 4) is 0 Å². The van der Waals surface area contributed by atoms with E-state index in [0.29, 0.717) is 19.4 Å². The number of carbonyl (C=O) groups is 2. The smallest absolute Gasteiger partial charge is 0.330 e. The first kappa shape index (κ1) is 18.1. The number of halogens is 1. The van der Waals surface area contributed by atoms with Crippen LogP contribution in [-0.4, -0.2) is 25.5 Å². The van der Waals surface area contributed by atoms with Crippen molar-refractivity contribution >= 4 is 36.0 Å². The average molecular weight is 299 g/mol. The fourth-order valence-electron chi connectivity index (χ4n) is 1.40. The highest BCUT2D eigenvalue weighted by molar-refractivity contribution is 5.91. The Kier molecular flexibility index (Phi) is 9.07. The summed E-state index contributed by atoms with van der Waals surface area (Å²) < 4.78 is 4.49. The standard InChI is InChI=1S/C14H18N2O3.ClH/c1-19-14(18)9-6-11-4-7-12(8-5-11)16-13(17)3-2-10-15;/h4-9H,2-3,10,15H2,1H3,(H,16,17);1H/b9-6+;. The number of benzene rings is 1. The summed E-state index contributed by atoms with van der Waals surface area (Å²) in [5.41, 5.74) is 6.91. The predicted octanol–water partition coefficient (Wildman–Crippen LogP) is 1.97. The van der Waals surface area contributed by atoms with Crippen LogP contribution in [0.5, 0.6) is 0 Å². The maximum atomic E-state index is 11.5. The molecule has 6 heteroatoms. The monoisotopic (exact) mass is 298 g/mol. The van der Waals surface area contributed by atoms with Gasteiger partial charge in [0.15, 0.2) is 0 Å². The molecule has 3 N–H and O–H groups in total. The highest BCUT2D eigenvalue weighted by Gasteiger charge is 2.01. The van der Waals surface area contributed by atoms with Crippen LogP contribution < -0.4 is 11.1 Å². The number of anilines is 1. The number of carbonyl (C=O) groups excluding carboxylic acids is 2. The minimum atomic E-state index is -0.404. The first-order valence-electron chi connectivity index (χ1n) is 6.01. The van der Waals surface area contributed by atoms with Gasteiger partial charge in [-0.2, -0.15) is 0 Å². The third-order valence-electron chi connectivity index (χ3n) is 2.42. The number of rotatable bonds is 6. The molecule has 0 bridgehead atoms. The zero-order chi connectivity index (χ0) is 14.1. The lowest BCUT2D eigenvalue weighted by Gasteiger charge is -2.04. The van der Waals surface area contributed by atoms with Crippen LogP contribution in [0.25, 0.3) is 6.08 Å². The highest BCUT2D eigenvalue weighted by Crippen LogP contribution is 2.11. The summed E-state index contributed by atoms with van der Waals surface area (Å²) in [5, 5.41) is 2.77. The zero-order valence-corrected chi connectivity index (χ0v) is 12.1. The molecule has 1 rings (SSSR count). The van der Waals surface area contributed by atoms with E-state index in [0.717, 1.165) is 11.3 Å². The Hall–Kier alpha value is -1.85. The summed E-state index contributed by atoms with van der Waals surface area (Å²) in [5.74, 6) is -0.456. The van der Waals surface area contributed by atoms with Crippen LogP contribution in [0.1, 0.15) is 18.4 Å². The van der Waals surface area contributed by atoms with E-state index in [1.54, 1.807) is 30.3 Å². The van der Waals surface area contributed by atoms with E-state index in [-0.39, 0.29) is 18.3 Å². The number of methoxy groups -OCH3 is 1. The predicted molar refractivity (Wildman–Crippen MR) is 81.7 cm³/mol. The number of nitrogens with one attached hydrogen (secondary N) is 1. The van der Waals surface area contributed by atoms with Gasteiger partial charge >= 0.3 is 5.97 Å². The van der Waals surface area contributed by atoms with E-state index in [9.17, 15) is 9.59 Å². The molecule has 110 valence electrons. The second kappa shape index (κ2) is 10.00. The highest BCUT2D eigenvalue weighted by atomic mass is 35.5. The molecule has 0 unspecified atom stereocenters. The largest absolute Gasteiger partial charge is 0.466 e. The average Bonchev–Trinajstić information content (AvgIpc) is 2.44. The molecule has 0 saturated heterocycles. The van der Waals surface area contributed by atoms with Gasteiger partial charge < -0.3 is 15.8 Å². The van der Waals surface area contributed by atoms with Crippen LogP contribution in [-0.2, 0) is 14.3 Å². The molecule has 0 spiro atoms. The van der Waals surface area contributed by atoms with E-state index < -0.39 is 5.97 Å². The molecule has 0 atom stereocenters. The molecule has 0 aliphatic heterocycles. The van der Waals surface area contributed by atoms with Crippen molar-refractivity contribution in [2.24, 2.45) is 5.73 Å². The Morgan fingerprint density at radius 2 is 1.95 bits per heavy atom. The molecule has 1 amide bonds. The van der Waals surface area contributed by atoms with Crippen LogP contribution in [0.3, 0.4) is 0 Å². The number of esters is 1. The summed E-state index contributed by atoms with van der Waals surface area (Å²) >= 11 is 0. The number of nitrogens with two attached hydrogens (primary N) is 1. The molecule has 0 saturated carbocycles. The number of ether oxygens (including phenoxy) is 1. The van der Waals surface area contributed by atoms with Gasteiger partial charge in [-0.3, -0.25) is 4.79 Å². The van der Waals surface area contributed by atoms with Gasteiger partial charge in [-0.15, -0.1) is 12.4 Å². The van der Waals surface area contributed by atoms with E-state index in [4.69, 9.17) is 5.73 Å². The van der Waals surface area contributed by atoms with Crippen molar-refractivity contribution in [2.45, 2.75) is 12.8 Å². The molecule has 0 aliphatic rings. The van der Waals surface area contributed by atoms with Crippen LogP contribution >= 0.6 is 12.4 Å². The van der Waals surface area contributed by atoms with Gasteiger partial charge in [0, 0.05) is 18.2 Å². The lowest BCUT2D eigenvalue weighted by Crippen LogP contribution is -2.13. The lowest BCUT2D eigenvalue weighted by atomic mass is 10.2. The Balaban J connectivity index is 0.00000361. The van der Waals surface area contributed by atoms with Gasteiger partial charge in [0.25, 0.3) is 0 Å². The van der Waals surface area contributed by atoms with Crippen molar-refractivity contribution in [3.05, 3.63) is 35.9 Å². The van der Waals surface area contributed by atoms with Gasteiger partial charge in [0.2, 0.25) is 5.91 Å². The summed E-state index contributed by atoms with van der Waals surface area (Å²) in [6.07, 6.45) is 4.08. The molecule has 0 fully saturated rings. The first-order valence-corrected chi connectivity index (χ1v) is 6.01. The van der Waals surface area contributed by atoms with Crippen molar-refractivity contribution in [3.63, 3.8) is 0 Å². The van der Waals surface area contributed by atoms with Crippen molar-refractivity contribution in [2.75, 3.05) is 19.0 Å². The quantitative estimate of drug-likeness (QED) is 0.621. The second-order valence-corrected chi connectivity index (χ2v) is 3.92. The molecule has 0 aromatic heterocycles. The van der Waals surface area contributed by atoms with E-state index in [1.165, 1.54) is 13.2 Å². The minimum absolute atomic E-state index is 0. The summed E-state index contributed by atoms with van der Waals surface area (Å²) in [6, 6.07) is 7.16. The third kappa shape index (κ3) is 6.92. The van der Waals surface area contributed by atoms with E-state index in [2.05, 4.69) is 10.1 Å². The van der Waals surface area contributed by atoms with Gasteiger partial charge in [-0.1, -0.05) is 12.1 Å². The van der Waals surface area contributed by atoms with Crippen LogP contribution in [0.2, 0.25) is 0 Å². The number of hydrogen-bond donors (Lipinski definition) is 2. The maximum absolute atomic E-state index is 11.5.